The fourth-order valence-electron chi connectivity index (χ4n) is 0. The van der Waals surface area contributed by atoms with Gasteiger partial charge in [-0.05, 0) is 11.0 Å². The van der Waals surface area contributed by atoms with Crippen LogP contribution in [-0.2, 0) is 17.4 Å². The van der Waals surface area contributed by atoms with E-state index in [0.717, 1.165) is 0 Å². The molecule has 0 radical (unpaired) electrons. The molecule has 0 nitrogen and oxygen atoms in total. The summed E-state index contributed by atoms with van der Waals surface area (Å²) in [6.45, 7) is 0. The predicted octanol–water partition coefficient (Wildman–Crippen LogP) is -2.00. The first kappa shape index (κ1) is 58.9. The Balaban J connectivity index is 0. The Morgan fingerprint density at radius 1 is 1.00 bits per heavy atom. The van der Waals surface area contributed by atoms with Gasteiger partial charge in [-0.3, -0.25) is 0 Å². The van der Waals surface area contributed by atoms with E-state index in [2.05, 4.69) is 0 Å². The van der Waals surface area contributed by atoms with E-state index in [0.29, 0.717) is 0 Å². The van der Waals surface area contributed by atoms with Gasteiger partial charge in [-0.2, -0.15) is 0 Å². The third kappa shape index (κ3) is 10.4. The minimum atomic E-state index is 0. The smallest absolute Gasteiger partial charge is 0.0776 e. The van der Waals surface area contributed by atoms with Crippen molar-refractivity contribution in [2.24, 2.45) is 0 Å². The molecule has 0 saturated heterocycles. The van der Waals surface area contributed by atoms with Crippen molar-refractivity contribution >= 4 is 28.3 Å². The minimum absolute atomic E-state index is 0. The Morgan fingerprint density at radius 2 is 1.00 bits per heavy atom. The fourth-order valence-corrected chi connectivity index (χ4v) is 0. The Kier molecular flexibility index (Phi) is 414. The summed E-state index contributed by atoms with van der Waals surface area (Å²) < 4.78 is 0. The number of hydrogen-bond donors (Lipinski definition) is 0. The van der Waals surface area contributed by atoms with Crippen LogP contribution in [0.5, 0.6) is 0 Å². The van der Waals surface area contributed by atoms with Crippen LogP contribution in [0.2, 0.25) is 0 Å². The summed E-state index contributed by atoms with van der Waals surface area (Å²) in [5.74, 6) is 0. The van der Waals surface area contributed by atoms with Crippen LogP contribution in [-0.4, -0.2) is 28.3 Å². The largest absolute Gasteiger partial charge is 0.187 e. The molecule has 0 spiro atoms. The summed E-state index contributed by atoms with van der Waals surface area (Å²) in [6, 6.07) is 0. The first-order valence-corrected chi connectivity index (χ1v) is 0. The van der Waals surface area contributed by atoms with Gasteiger partial charge in [0.2, 0.25) is 0 Å². The van der Waals surface area contributed by atoms with Crippen LogP contribution in [0.15, 0.2) is 0 Å². The molecule has 0 unspecified atom stereocenters. The van der Waals surface area contributed by atoms with Crippen molar-refractivity contribution in [2.75, 3.05) is 0 Å². The Morgan fingerprint density at radius 3 is 1.00 bits per heavy atom. The van der Waals surface area contributed by atoms with Gasteiger partial charge in [0.15, 0.2) is 17.4 Å². The van der Waals surface area contributed by atoms with Gasteiger partial charge in [0.05, 0.1) is 0 Å². The SMILES string of the molecule is C.[AlH3].[Cr].[SiH4]. The van der Waals surface area contributed by atoms with E-state index in [1.807, 2.05) is 0 Å². The topological polar surface area (TPSA) is 0 Å². The second-order valence-corrected chi connectivity index (χ2v) is 0. The van der Waals surface area contributed by atoms with Gasteiger partial charge in [-0.1, -0.05) is 7.43 Å². The molecule has 28 valence electrons. The molecule has 0 heterocycles. The normalized spacial score (nSPS) is 0. The van der Waals surface area contributed by atoms with Crippen LogP contribution in [0.4, 0.5) is 0 Å². The average Bonchev–Trinajstić information content (AvgIpc) is 0. The zero-order valence-corrected chi connectivity index (χ0v) is 1.68. The quantitative estimate of drug-likeness (QED) is 0.333. The fraction of sp³-hybridized carbons (Fsp3) is 1.00. The van der Waals surface area contributed by atoms with Gasteiger partial charge in [-0.15, -0.1) is 0 Å². The van der Waals surface area contributed by atoms with Crippen molar-refractivity contribution in [3.63, 3.8) is 0 Å². The molecule has 0 aliphatic heterocycles. The second kappa shape index (κ2) is 28.1. The van der Waals surface area contributed by atoms with Crippen molar-refractivity contribution in [2.45, 2.75) is 7.43 Å². The maximum absolute atomic E-state index is 0. The maximum atomic E-state index is 0. The molecule has 0 aliphatic rings. The van der Waals surface area contributed by atoms with Crippen molar-refractivity contribution in [1.82, 2.24) is 0 Å². The van der Waals surface area contributed by atoms with E-state index in [-0.39, 0.29) is 53.1 Å². The zero-order chi connectivity index (χ0) is 0. The summed E-state index contributed by atoms with van der Waals surface area (Å²) in [6.07, 6.45) is 0. The summed E-state index contributed by atoms with van der Waals surface area (Å²) in [5, 5.41) is 0. The van der Waals surface area contributed by atoms with Gasteiger partial charge < -0.3 is 0 Å². The van der Waals surface area contributed by atoms with Gasteiger partial charge in [0.1, 0.15) is 0 Å². The van der Waals surface area contributed by atoms with E-state index >= 15 is 0 Å². The first-order valence-electron chi connectivity index (χ1n) is 0. The number of hydrogen-bond acceptors (Lipinski definition) is 0. The van der Waals surface area contributed by atoms with Gasteiger partial charge >= 0.3 is 0 Å². The molecule has 0 aromatic rings. The first-order chi connectivity index (χ1) is 0. The Hall–Kier alpha value is 1.28. The summed E-state index contributed by atoms with van der Waals surface area (Å²) in [4.78, 5) is 0. The molecule has 0 bridgehead atoms. The van der Waals surface area contributed by atoms with Crippen LogP contribution in [0, 0.1) is 0 Å². The zero-order valence-electron chi connectivity index (χ0n) is 0.408. The molecule has 0 N–H and O–H groups in total. The molecule has 0 aliphatic carbocycles. The van der Waals surface area contributed by atoms with Crippen LogP contribution in [0.25, 0.3) is 0 Å². The molecule has 0 amide bonds. The van der Waals surface area contributed by atoms with E-state index in [1.54, 1.807) is 0 Å². The van der Waals surface area contributed by atoms with E-state index in [9.17, 15) is 0 Å². The monoisotopic (exact) mass is 130 g/mol. The van der Waals surface area contributed by atoms with Crippen LogP contribution in [0.3, 0.4) is 0 Å². The number of rotatable bonds is 0. The summed E-state index contributed by atoms with van der Waals surface area (Å²) >= 11 is 0. The van der Waals surface area contributed by atoms with E-state index in [1.165, 1.54) is 0 Å². The van der Waals surface area contributed by atoms with Gasteiger partial charge in [-0.25, -0.2) is 0 Å². The molecule has 0 aromatic carbocycles. The van der Waals surface area contributed by atoms with Crippen molar-refractivity contribution < 1.29 is 17.4 Å². The van der Waals surface area contributed by atoms with Crippen molar-refractivity contribution in [3.8, 4) is 0 Å². The third-order valence-electron chi connectivity index (χ3n) is 0. The molecule has 3 heteroatoms. The molecule has 0 aromatic heterocycles. The standard InChI is InChI=1S/CH4.Al.Cr.H4Si.3H/h1H4;;;1H4;;;. The van der Waals surface area contributed by atoms with Crippen LogP contribution in [0.1, 0.15) is 7.43 Å². The van der Waals surface area contributed by atoms with E-state index in [4.69, 9.17) is 0 Å². The molecule has 0 fully saturated rings. The Labute approximate surface area is 53.3 Å². The van der Waals surface area contributed by atoms with Crippen molar-refractivity contribution in [1.29, 1.82) is 0 Å². The van der Waals surface area contributed by atoms with Gasteiger partial charge in [0.25, 0.3) is 0 Å². The molecule has 0 saturated carbocycles. The molecular formula is CH11AlCrSi. The maximum Gasteiger partial charge on any atom is 0.187 e. The van der Waals surface area contributed by atoms with E-state index < -0.39 is 0 Å². The second-order valence-electron chi connectivity index (χ2n) is 0. The van der Waals surface area contributed by atoms with Crippen molar-refractivity contribution in [3.05, 3.63) is 0 Å². The molecule has 0 atom stereocenters. The predicted molar refractivity (Wildman–Crippen MR) is 28.0 cm³/mol. The molecular weight excluding hydrogens is 119 g/mol. The minimum Gasteiger partial charge on any atom is -0.0776 e. The summed E-state index contributed by atoms with van der Waals surface area (Å²) in [7, 11) is 0. The molecule has 4 heavy (non-hydrogen) atoms. The third-order valence-corrected chi connectivity index (χ3v) is 0. The van der Waals surface area contributed by atoms with Gasteiger partial charge in [0, 0.05) is 17.4 Å². The Bertz CT molecular complexity index is 8.00. The average molecular weight is 130 g/mol. The van der Waals surface area contributed by atoms with Crippen LogP contribution < -0.4 is 0 Å². The van der Waals surface area contributed by atoms with Crippen LogP contribution >= 0.6 is 0 Å². The summed E-state index contributed by atoms with van der Waals surface area (Å²) in [5.41, 5.74) is 0. The molecule has 0 rings (SSSR count).